The Bertz CT molecular complexity index is 645. The standard InChI is InChI=1S/C18H27BrN4O3/c1-13-3-4-14(19)9-15(13)23-16(25)10-21-17(20-2)22-11-18(5-7-24)6-8-26-12-18/h3-4,9,24H,5-8,10-12H2,1-2H3,(H,23,25)(H2,20,21,22). The molecule has 0 bridgehead atoms. The molecule has 2 rings (SSSR count). The van der Waals surface area contributed by atoms with E-state index in [1.165, 1.54) is 0 Å². The van der Waals surface area contributed by atoms with Crippen molar-refractivity contribution >= 4 is 33.5 Å². The molecular weight excluding hydrogens is 400 g/mol. The molecule has 1 aromatic carbocycles. The summed E-state index contributed by atoms with van der Waals surface area (Å²) in [5.41, 5.74) is 1.69. The number of hydrogen-bond donors (Lipinski definition) is 4. The number of aryl methyl sites for hydroxylation is 1. The lowest BCUT2D eigenvalue weighted by atomic mass is 9.84. The number of guanidine groups is 1. The third-order valence-electron chi connectivity index (χ3n) is 4.57. The normalized spacial score (nSPS) is 20.1. The van der Waals surface area contributed by atoms with E-state index in [1.807, 2.05) is 25.1 Å². The van der Waals surface area contributed by atoms with Crippen LogP contribution in [0.1, 0.15) is 18.4 Å². The van der Waals surface area contributed by atoms with Crippen LogP contribution in [-0.2, 0) is 9.53 Å². The minimum atomic E-state index is -0.150. The van der Waals surface area contributed by atoms with Gasteiger partial charge in [0.15, 0.2) is 5.96 Å². The number of rotatable bonds is 7. The fraction of sp³-hybridized carbons (Fsp3) is 0.556. The smallest absolute Gasteiger partial charge is 0.243 e. The number of anilines is 1. The van der Waals surface area contributed by atoms with Crippen molar-refractivity contribution < 1.29 is 14.6 Å². The van der Waals surface area contributed by atoms with Gasteiger partial charge in [0.25, 0.3) is 0 Å². The minimum Gasteiger partial charge on any atom is -0.396 e. The molecule has 1 aliphatic heterocycles. The molecule has 0 radical (unpaired) electrons. The van der Waals surface area contributed by atoms with Gasteiger partial charge in [0, 0.05) is 42.4 Å². The highest BCUT2D eigenvalue weighted by atomic mass is 79.9. The van der Waals surface area contributed by atoms with Gasteiger partial charge in [-0.3, -0.25) is 9.79 Å². The van der Waals surface area contributed by atoms with Crippen LogP contribution in [0, 0.1) is 12.3 Å². The quantitative estimate of drug-likeness (QED) is 0.392. The molecule has 1 saturated heterocycles. The van der Waals surface area contributed by atoms with Crippen LogP contribution >= 0.6 is 15.9 Å². The van der Waals surface area contributed by atoms with E-state index < -0.39 is 0 Å². The van der Waals surface area contributed by atoms with Crippen molar-refractivity contribution in [2.24, 2.45) is 10.4 Å². The van der Waals surface area contributed by atoms with Gasteiger partial charge >= 0.3 is 0 Å². The summed E-state index contributed by atoms with van der Waals surface area (Å²) in [6, 6.07) is 5.75. The van der Waals surface area contributed by atoms with Gasteiger partial charge in [-0.05, 0) is 37.5 Å². The number of nitrogens with zero attached hydrogens (tertiary/aromatic N) is 1. The zero-order valence-electron chi connectivity index (χ0n) is 15.3. The zero-order valence-corrected chi connectivity index (χ0v) is 16.9. The number of aliphatic hydroxyl groups excluding tert-OH is 1. The van der Waals surface area contributed by atoms with E-state index in [-0.39, 0.29) is 24.5 Å². The number of benzene rings is 1. The van der Waals surface area contributed by atoms with Gasteiger partial charge in [-0.2, -0.15) is 0 Å². The Hall–Kier alpha value is -1.64. The first-order valence-electron chi connectivity index (χ1n) is 8.67. The Morgan fingerprint density at radius 3 is 2.88 bits per heavy atom. The fourth-order valence-corrected chi connectivity index (χ4v) is 3.25. The molecule has 26 heavy (non-hydrogen) atoms. The molecule has 7 nitrogen and oxygen atoms in total. The molecule has 0 saturated carbocycles. The van der Waals surface area contributed by atoms with Crippen LogP contribution in [0.3, 0.4) is 0 Å². The van der Waals surface area contributed by atoms with E-state index in [0.717, 1.165) is 22.1 Å². The Balaban J connectivity index is 1.82. The van der Waals surface area contributed by atoms with Crippen molar-refractivity contribution in [3.05, 3.63) is 28.2 Å². The fourth-order valence-electron chi connectivity index (χ4n) is 2.89. The molecule has 1 atom stereocenters. The van der Waals surface area contributed by atoms with Crippen molar-refractivity contribution in [3.8, 4) is 0 Å². The van der Waals surface area contributed by atoms with Crippen LogP contribution in [0.4, 0.5) is 5.69 Å². The molecule has 144 valence electrons. The average molecular weight is 427 g/mol. The number of ether oxygens (including phenoxy) is 1. The number of carbonyl (C=O) groups is 1. The number of hydrogen-bond acceptors (Lipinski definition) is 4. The van der Waals surface area contributed by atoms with Gasteiger partial charge in [0.1, 0.15) is 0 Å². The number of amides is 1. The second-order valence-corrected chi connectivity index (χ2v) is 7.48. The Morgan fingerprint density at radius 1 is 1.42 bits per heavy atom. The highest BCUT2D eigenvalue weighted by Crippen LogP contribution is 2.31. The van der Waals surface area contributed by atoms with E-state index in [9.17, 15) is 9.90 Å². The van der Waals surface area contributed by atoms with E-state index in [2.05, 4.69) is 36.9 Å². The third-order valence-corrected chi connectivity index (χ3v) is 5.06. The van der Waals surface area contributed by atoms with Crippen LogP contribution in [0.25, 0.3) is 0 Å². The zero-order chi connectivity index (χ0) is 19.0. The first kappa shape index (κ1) is 20.7. The number of aliphatic imine (C=N–C) groups is 1. The topological polar surface area (TPSA) is 95.0 Å². The number of carbonyl (C=O) groups excluding carboxylic acids is 1. The summed E-state index contributed by atoms with van der Waals surface area (Å²) >= 11 is 3.41. The molecule has 0 spiro atoms. The van der Waals surface area contributed by atoms with Crippen LogP contribution in [-0.4, -0.2) is 56.9 Å². The molecule has 1 aliphatic rings. The Kier molecular flexibility index (Phi) is 7.86. The van der Waals surface area contributed by atoms with Crippen molar-refractivity contribution in [2.75, 3.05) is 45.3 Å². The number of halogens is 1. The van der Waals surface area contributed by atoms with E-state index in [4.69, 9.17) is 4.74 Å². The van der Waals surface area contributed by atoms with Gasteiger partial charge in [0.2, 0.25) is 5.91 Å². The van der Waals surface area contributed by atoms with Gasteiger partial charge in [0.05, 0.1) is 13.2 Å². The highest BCUT2D eigenvalue weighted by Gasteiger charge is 2.34. The predicted octanol–water partition coefficient (Wildman–Crippen LogP) is 1.65. The third kappa shape index (κ3) is 5.96. The Morgan fingerprint density at radius 2 is 2.23 bits per heavy atom. The maximum atomic E-state index is 12.2. The average Bonchev–Trinajstić information content (AvgIpc) is 3.07. The van der Waals surface area contributed by atoms with Gasteiger partial charge in [-0.25, -0.2) is 0 Å². The summed E-state index contributed by atoms with van der Waals surface area (Å²) in [7, 11) is 1.66. The lowest BCUT2D eigenvalue weighted by Gasteiger charge is -2.27. The Labute approximate surface area is 162 Å². The largest absolute Gasteiger partial charge is 0.396 e. The molecule has 1 fully saturated rings. The summed E-state index contributed by atoms with van der Waals surface area (Å²) in [5.74, 6) is 0.402. The van der Waals surface area contributed by atoms with Crippen molar-refractivity contribution in [3.63, 3.8) is 0 Å². The maximum Gasteiger partial charge on any atom is 0.243 e. The minimum absolute atomic E-state index is 0.0813. The molecule has 0 aliphatic carbocycles. The molecule has 1 amide bonds. The van der Waals surface area contributed by atoms with Crippen molar-refractivity contribution in [1.29, 1.82) is 0 Å². The van der Waals surface area contributed by atoms with E-state index >= 15 is 0 Å². The first-order chi connectivity index (χ1) is 12.5. The van der Waals surface area contributed by atoms with E-state index in [1.54, 1.807) is 7.05 Å². The lowest BCUT2D eigenvalue weighted by molar-refractivity contribution is -0.115. The van der Waals surface area contributed by atoms with E-state index in [0.29, 0.717) is 32.1 Å². The van der Waals surface area contributed by atoms with Gasteiger partial charge in [-0.15, -0.1) is 0 Å². The number of nitrogens with one attached hydrogen (secondary N) is 3. The molecule has 0 aromatic heterocycles. The van der Waals surface area contributed by atoms with Crippen molar-refractivity contribution in [2.45, 2.75) is 19.8 Å². The summed E-state index contributed by atoms with van der Waals surface area (Å²) in [6.07, 6.45) is 1.58. The molecule has 1 aromatic rings. The van der Waals surface area contributed by atoms with Crippen molar-refractivity contribution in [1.82, 2.24) is 10.6 Å². The predicted molar refractivity (Wildman–Crippen MR) is 106 cm³/mol. The highest BCUT2D eigenvalue weighted by molar-refractivity contribution is 9.10. The molecule has 8 heteroatoms. The molecule has 4 N–H and O–H groups in total. The lowest BCUT2D eigenvalue weighted by Crippen LogP contribution is -2.46. The summed E-state index contributed by atoms with van der Waals surface area (Å²) < 4.78 is 6.40. The van der Waals surface area contributed by atoms with Crippen LogP contribution < -0.4 is 16.0 Å². The molecule has 1 unspecified atom stereocenters. The van der Waals surface area contributed by atoms with Crippen LogP contribution in [0.15, 0.2) is 27.7 Å². The maximum absolute atomic E-state index is 12.2. The summed E-state index contributed by atoms with van der Waals surface area (Å²) in [4.78, 5) is 16.4. The summed E-state index contributed by atoms with van der Waals surface area (Å²) in [5, 5.41) is 18.4. The van der Waals surface area contributed by atoms with Crippen LogP contribution in [0.2, 0.25) is 0 Å². The second-order valence-electron chi connectivity index (χ2n) is 6.56. The monoisotopic (exact) mass is 426 g/mol. The molecular formula is C18H27BrN4O3. The molecule has 1 heterocycles. The van der Waals surface area contributed by atoms with Gasteiger partial charge in [-0.1, -0.05) is 22.0 Å². The van der Waals surface area contributed by atoms with Crippen LogP contribution in [0.5, 0.6) is 0 Å². The SMILES string of the molecule is CN=C(NCC(=O)Nc1cc(Br)ccc1C)NCC1(CCO)CCOC1. The summed E-state index contributed by atoms with van der Waals surface area (Å²) in [6.45, 7) is 4.16. The van der Waals surface area contributed by atoms with Gasteiger partial charge < -0.3 is 25.8 Å². The second kappa shape index (κ2) is 9.89. The first-order valence-corrected chi connectivity index (χ1v) is 9.46. The number of aliphatic hydroxyl groups is 1.